The van der Waals surface area contributed by atoms with Gasteiger partial charge in [-0.25, -0.2) is 0 Å². The van der Waals surface area contributed by atoms with Gasteiger partial charge < -0.3 is 4.74 Å². The average molecular weight is 324 g/mol. The molecule has 0 saturated carbocycles. The predicted octanol–water partition coefficient (Wildman–Crippen LogP) is 4.94. The van der Waals surface area contributed by atoms with Crippen LogP contribution in [0.3, 0.4) is 0 Å². The van der Waals surface area contributed by atoms with E-state index >= 15 is 0 Å². The molecule has 3 aromatic carbocycles. The number of hydrogen-bond acceptors (Lipinski definition) is 1. The van der Waals surface area contributed by atoms with E-state index in [4.69, 9.17) is 4.74 Å². The van der Waals surface area contributed by atoms with E-state index in [-0.39, 0.29) is 5.41 Å². The number of rotatable bonds is 0. The minimum atomic E-state index is -0.0419. The Labute approximate surface area is 146 Å². The zero-order valence-electron chi connectivity index (χ0n) is 14.3. The maximum Gasteiger partial charge on any atom is 0.292 e. The van der Waals surface area contributed by atoms with E-state index in [1.807, 2.05) is 0 Å². The molecule has 0 N–H and O–H groups in total. The molecule has 1 aromatic heterocycles. The van der Waals surface area contributed by atoms with E-state index < -0.39 is 0 Å². The van der Waals surface area contributed by atoms with Crippen LogP contribution in [0.4, 0.5) is 0 Å². The summed E-state index contributed by atoms with van der Waals surface area (Å²) >= 11 is 0. The molecule has 2 heterocycles. The Balaban J connectivity index is 1.88. The molecule has 2 nitrogen and oxygen atoms in total. The number of fused-ring (bicyclic) bond motifs is 4. The molecule has 2 heteroatoms. The topological polar surface area (TPSA) is 13.1 Å². The fraction of sp³-hybridized carbons (Fsp3) is 0.174. The number of nitrogens with zero attached hydrogens (tertiary/aromatic N) is 1. The lowest BCUT2D eigenvalue weighted by Crippen LogP contribution is -2.42. The Morgan fingerprint density at radius 3 is 2.48 bits per heavy atom. The van der Waals surface area contributed by atoms with E-state index in [2.05, 4.69) is 79.2 Å². The summed E-state index contributed by atoms with van der Waals surface area (Å²) in [7, 11) is 0. The van der Waals surface area contributed by atoms with Crippen LogP contribution in [0.15, 0.2) is 60.8 Å². The van der Waals surface area contributed by atoms with Crippen molar-refractivity contribution in [3.63, 3.8) is 0 Å². The van der Waals surface area contributed by atoms with E-state index in [1.165, 1.54) is 43.9 Å². The first-order valence-corrected chi connectivity index (χ1v) is 8.81. The van der Waals surface area contributed by atoms with Crippen LogP contribution in [0.1, 0.15) is 25.0 Å². The van der Waals surface area contributed by atoms with Crippen LogP contribution in [0.2, 0.25) is 0 Å². The molecule has 0 radical (unpaired) electrons. The lowest BCUT2D eigenvalue weighted by molar-refractivity contribution is -0.716. The predicted molar refractivity (Wildman–Crippen MR) is 99.8 cm³/mol. The minimum absolute atomic E-state index is 0.0419. The highest BCUT2D eigenvalue weighted by atomic mass is 16.5. The van der Waals surface area contributed by atoms with Gasteiger partial charge in [-0.2, -0.15) is 4.57 Å². The van der Waals surface area contributed by atoms with Gasteiger partial charge in [0.1, 0.15) is 5.75 Å². The molecule has 1 aliphatic heterocycles. The van der Waals surface area contributed by atoms with Crippen molar-refractivity contribution in [1.82, 2.24) is 0 Å². The largest absolute Gasteiger partial charge is 0.434 e. The van der Waals surface area contributed by atoms with Gasteiger partial charge >= 0.3 is 0 Å². The Morgan fingerprint density at radius 1 is 0.920 bits per heavy atom. The highest BCUT2D eigenvalue weighted by molar-refractivity contribution is 6.02. The van der Waals surface area contributed by atoms with Gasteiger partial charge in [0.25, 0.3) is 6.73 Å². The summed E-state index contributed by atoms with van der Waals surface area (Å²) in [6.07, 6.45) is 2.23. The number of benzene rings is 3. The van der Waals surface area contributed by atoms with E-state index in [9.17, 15) is 0 Å². The van der Waals surface area contributed by atoms with Gasteiger partial charge in [-0.1, -0.05) is 56.3 Å². The lowest BCUT2D eigenvalue weighted by atomic mass is 9.80. The van der Waals surface area contributed by atoms with Gasteiger partial charge in [-0.3, -0.25) is 0 Å². The molecule has 4 aromatic rings. The first-order valence-electron chi connectivity index (χ1n) is 8.81. The molecule has 0 fully saturated rings. The van der Waals surface area contributed by atoms with Gasteiger partial charge in [0.2, 0.25) is 5.69 Å². The molecule has 0 amide bonds. The lowest BCUT2D eigenvalue weighted by Gasteiger charge is -2.21. The number of ether oxygens (including phenoxy) is 1. The smallest absolute Gasteiger partial charge is 0.292 e. The Hall–Kier alpha value is -2.87. The van der Waals surface area contributed by atoms with Crippen molar-refractivity contribution in [2.24, 2.45) is 0 Å². The van der Waals surface area contributed by atoms with Gasteiger partial charge in [0.05, 0.1) is 5.56 Å². The number of aromatic nitrogens is 1. The Bertz CT molecular complexity index is 1220. The molecule has 0 spiro atoms. The third-order valence-electron chi connectivity index (χ3n) is 5.93. The minimum Gasteiger partial charge on any atom is -0.434 e. The van der Waals surface area contributed by atoms with Crippen molar-refractivity contribution >= 4 is 21.5 Å². The van der Waals surface area contributed by atoms with Crippen molar-refractivity contribution in [2.75, 3.05) is 0 Å². The summed E-state index contributed by atoms with van der Waals surface area (Å²) in [6.45, 7) is 5.26. The van der Waals surface area contributed by atoms with E-state index in [0.717, 1.165) is 5.75 Å². The first kappa shape index (κ1) is 13.4. The third kappa shape index (κ3) is 1.49. The molecule has 25 heavy (non-hydrogen) atoms. The summed E-state index contributed by atoms with van der Waals surface area (Å²) in [5, 5.41) is 5.10. The van der Waals surface area contributed by atoms with Crippen molar-refractivity contribution in [1.29, 1.82) is 0 Å². The number of hydrogen-bond donors (Lipinski definition) is 0. The normalized spacial score (nSPS) is 16.1. The maximum atomic E-state index is 6.28. The van der Waals surface area contributed by atoms with Crippen LogP contribution >= 0.6 is 0 Å². The zero-order chi connectivity index (χ0) is 16.8. The van der Waals surface area contributed by atoms with Crippen molar-refractivity contribution in [3.05, 3.63) is 71.9 Å². The standard InChI is InChI=1S/C23H18NO/c1-23(2)18-11-14-7-3-6-10-17(14)22-19(18)21-20(23)16-9-5-4-8-15(16)12-24(21)13-25-22/h3-12H,13H2,1-2H3/q+1. The molecule has 0 unspecified atom stereocenters. The molecular formula is C23H18NO+. The second-order valence-corrected chi connectivity index (χ2v) is 7.66. The summed E-state index contributed by atoms with van der Waals surface area (Å²) in [6, 6.07) is 19.6. The van der Waals surface area contributed by atoms with Crippen molar-refractivity contribution in [2.45, 2.75) is 26.0 Å². The van der Waals surface area contributed by atoms with Crippen LogP contribution in [0.25, 0.3) is 32.8 Å². The van der Waals surface area contributed by atoms with Crippen molar-refractivity contribution < 1.29 is 9.30 Å². The Morgan fingerprint density at radius 2 is 1.64 bits per heavy atom. The van der Waals surface area contributed by atoms with E-state index in [0.29, 0.717) is 6.73 Å². The fourth-order valence-corrected chi connectivity index (χ4v) is 4.80. The maximum absolute atomic E-state index is 6.28. The molecule has 120 valence electrons. The number of pyridine rings is 1. The molecule has 6 rings (SSSR count). The zero-order valence-corrected chi connectivity index (χ0v) is 14.3. The first-order chi connectivity index (χ1) is 12.2. The average Bonchev–Trinajstić information content (AvgIpc) is 2.88. The third-order valence-corrected chi connectivity index (χ3v) is 5.93. The fourth-order valence-electron chi connectivity index (χ4n) is 4.80. The summed E-state index contributed by atoms with van der Waals surface area (Å²) in [4.78, 5) is 0. The van der Waals surface area contributed by atoms with E-state index in [1.54, 1.807) is 0 Å². The van der Waals surface area contributed by atoms with Crippen LogP contribution in [-0.2, 0) is 12.1 Å². The van der Waals surface area contributed by atoms with Crippen LogP contribution < -0.4 is 9.30 Å². The second kappa shape index (κ2) is 4.20. The molecule has 0 atom stereocenters. The molecule has 0 saturated heterocycles. The van der Waals surface area contributed by atoms with Gasteiger partial charge in [-0.05, 0) is 28.5 Å². The highest BCUT2D eigenvalue weighted by Crippen LogP contribution is 2.55. The van der Waals surface area contributed by atoms with Gasteiger partial charge in [-0.15, -0.1) is 0 Å². The molecule has 0 bridgehead atoms. The molecule has 2 aliphatic rings. The summed E-state index contributed by atoms with van der Waals surface area (Å²) < 4.78 is 8.57. The van der Waals surface area contributed by atoms with Crippen LogP contribution in [0.5, 0.6) is 5.75 Å². The van der Waals surface area contributed by atoms with Crippen LogP contribution in [-0.4, -0.2) is 0 Å². The quantitative estimate of drug-likeness (QED) is 0.418. The van der Waals surface area contributed by atoms with Crippen LogP contribution in [0, 0.1) is 0 Å². The summed E-state index contributed by atoms with van der Waals surface area (Å²) in [5.41, 5.74) is 5.39. The molecular weight excluding hydrogens is 306 g/mol. The monoisotopic (exact) mass is 324 g/mol. The highest BCUT2D eigenvalue weighted by Gasteiger charge is 2.47. The molecule has 1 aliphatic carbocycles. The van der Waals surface area contributed by atoms with Crippen molar-refractivity contribution in [3.8, 4) is 17.0 Å². The van der Waals surface area contributed by atoms with Gasteiger partial charge in [0, 0.05) is 21.8 Å². The summed E-state index contributed by atoms with van der Waals surface area (Å²) in [5.74, 6) is 1.05. The Kier molecular flexibility index (Phi) is 2.26. The SMILES string of the molecule is CC1(C)c2cc3ccccc3c3c2-c2c1c1ccccc1c[n+]2CO3. The van der Waals surface area contributed by atoms with Gasteiger partial charge in [0.15, 0.2) is 6.20 Å². The second-order valence-electron chi connectivity index (χ2n) is 7.66.